The van der Waals surface area contributed by atoms with Gasteiger partial charge in [0.25, 0.3) is 0 Å². The number of nitrogens with zero attached hydrogens (tertiary/aromatic N) is 5. The number of aromatic nitrogens is 3. The van der Waals surface area contributed by atoms with Crippen molar-refractivity contribution >= 4 is 23.5 Å². The largest absolute Gasteiger partial charge is 0.378 e. The van der Waals surface area contributed by atoms with Crippen LogP contribution in [0.2, 0.25) is 5.28 Å². The van der Waals surface area contributed by atoms with Gasteiger partial charge < -0.3 is 19.9 Å². The lowest BCUT2D eigenvalue weighted by atomic mass is 10.6. The minimum atomic E-state index is 0.176. The molecular weight excluding hydrogens is 268 g/mol. The smallest absolute Gasteiger partial charge is 0.230 e. The Hall–Kier alpha value is -1.18. The fraction of sp³-hybridized carbons (Fsp3) is 0.727. The number of ether oxygens (including phenoxy) is 1. The lowest BCUT2D eigenvalue weighted by Gasteiger charge is -2.12. The van der Waals surface area contributed by atoms with E-state index in [2.05, 4.69) is 25.2 Å². The summed E-state index contributed by atoms with van der Waals surface area (Å²) in [5, 5.41) is 3.23. The third-order valence-corrected chi connectivity index (χ3v) is 2.38. The van der Waals surface area contributed by atoms with Gasteiger partial charge in [0.2, 0.25) is 17.2 Å². The maximum absolute atomic E-state index is 5.83. The molecule has 8 heteroatoms. The van der Waals surface area contributed by atoms with E-state index in [1.807, 2.05) is 28.2 Å². The highest BCUT2D eigenvalue weighted by molar-refractivity contribution is 6.28. The van der Waals surface area contributed by atoms with Crippen LogP contribution in [0.1, 0.15) is 0 Å². The van der Waals surface area contributed by atoms with Gasteiger partial charge in [0.1, 0.15) is 0 Å². The number of halogens is 1. The number of hydrogen-bond acceptors (Lipinski definition) is 7. The fourth-order valence-corrected chi connectivity index (χ4v) is 1.36. The molecule has 108 valence electrons. The van der Waals surface area contributed by atoms with Crippen LogP contribution in [-0.2, 0) is 4.74 Å². The Morgan fingerprint density at radius 1 is 1.11 bits per heavy atom. The Morgan fingerprint density at radius 3 is 2.47 bits per heavy atom. The average molecular weight is 289 g/mol. The summed E-state index contributed by atoms with van der Waals surface area (Å²) in [7, 11) is 7.72. The van der Waals surface area contributed by atoms with Crippen LogP contribution in [-0.4, -0.2) is 74.3 Å². The second kappa shape index (κ2) is 8.08. The molecule has 0 aromatic carbocycles. The molecule has 0 aliphatic carbocycles. The van der Waals surface area contributed by atoms with Crippen LogP contribution in [0.3, 0.4) is 0 Å². The molecule has 0 radical (unpaired) electrons. The van der Waals surface area contributed by atoms with Crippen molar-refractivity contribution in [1.29, 1.82) is 0 Å². The second-order valence-corrected chi connectivity index (χ2v) is 4.80. The van der Waals surface area contributed by atoms with Gasteiger partial charge in [-0.15, -0.1) is 0 Å². The van der Waals surface area contributed by atoms with Crippen molar-refractivity contribution in [2.45, 2.75) is 0 Å². The molecular formula is C11H21ClN6O. The van der Waals surface area contributed by atoms with Crippen LogP contribution >= 0.6 is 11.6 Å². The average Bonchev–Trinajstić information content (AvgIpc) is 2.32. The minimum Gasteiger partial charge on any atom is -0.378 e. The van der Waals surface area contributed by atoms with Crippen molar-refractivity contribution in [2.24, 2.45) is 0 Å². The molecule has 0 aliphatic rings. The van der Waals surface area contributed by atoms with Gasteiger partial charge in [-0.2, -0.15) is 15.0 Å². The Balaban J connectivity index is 2.33. The topological polar surface area (TPSA) is 66.4 Å². The zero-order valence-electron chi connectivity index (χ0n) is 11.9. The highest BCUT2D eigenvalue weighted by atomic mass is 35.5. The third-order valence-electron chi connectivity index (χ3n) is 2.21. The van der Waals surface area contributed by atoms with E-state index >= 15 is 0 Å². The van der Waals surface area contributed by atoms with Gasteiger partial charge in [0.15, 0.2) is 0 Å². The lowest BCUT2D eigenvalue weighted by Crippen LogP contribution is -2.20. The molecule has 1 aromatic rings. The summed E-state index contributed by atoms with van der Waals surface area (Å²) in [4.78, 5) is 16.1. The third kappa shape index (κ3) is 6.51. The summed E-state index contributed by atoms with van der Waals surface area (Å²) in [5.41, 5.74) is 0. The van der Waals surface area contributed by atoms with Gasteiger partial charge in [-0.05, 0) is 25.7 Å². The van der Waals surface area contributed by atoms with Gasteiger partial charge in [0.05, 0.1) is 13.2 Å². The van der Waals surface area contributed by atoms with E-state index in [4.69, 9.17) is 16.3 Å². The molecule has 0 atom stereocenters. The summed E-state index contributed by atoms with van der Waals surface area (Å²) in [5.74, 6) is 0.982. The molecule has 1 N–H and O–H groups in total. The number of rotatable bonds is 8. The van der Waals surface area contributed by atoms with E-state index in [9.17, 15) is 0 Å². The Bertz CT molecular complexity index is 387. The van der Waals surface area contributed by atoms with Crippen molar-refractivity contribution in [1.82, 2.24) is 19.9 Å². The predicted octanol–water partition coefficient (Wildman–Crippen LogP) is 0.581. The van der Waals surface area contributed by atoms with E-state index < -0.39 is 0 Å². The molecule has 0 fully saturated rings. The second-order valence-electron chi connectivity index (χ2n) is 4.46. The van der Waals surface area contributed by atoms with Crippen molar-refractivity contribution < 1.29 is 4.74 Å². The molecule has 0 unspecified atom stereocenters. The van der Waals surface area contributed by atoms with Crippen LogP contribution in [0.15, 0.2) is 0 Å². The van der Waals surface area contributed by atoms with Gasteiger partial charge in [0, 0.05) is 27.2 Å². The molecule has 19 heavy (non-hydrogen) atoms. The number of nitrogens with one attached hydrogen (secondary N) is 1. The first-order chi connectivity index (χ1) is 8.99. The molecule has 0 saturated carbocycles. The van der Waals surface area contributed by atoms with Crippen molar-refractivity contribution in [3.8, 4) is 0 Å². The van der Waals surface area contributed by atoms with E-state index in [-0.39, 0.29) is 5.28 Å². The Labute approximate surface area is 118 Å². The van der Waals surface area contributed by atoms with Gasteiger partial charge >= 0.3 is 0 Å². The predicted molar refractivity (Wildman–Crippen MR) is 77.0 cm³/mol. The van der Waals surface area contributed by atoms with Crippen molar-refractivity contribution in [3.05, 3.63) is 5.28 Å². The van der Waals surface area contributed by atoms with E-state index in [0.717, 1.165) is 6.54 Å². The maximum atomic E-state index is 5.83. The van der Waals surface area contributed by atoms with Gasteiger partial charge in [-0.1, -0.05) is 0 Å². The molecule has 7 nitrogen and oxygen atoms in total. The number of likely N-dealkylation sites (N-methyl/N-ethyl adjacent to an activating group) is 1. The van der Waals surface area contributed by atoms with Gasteiger partial charge in [-0.3, -0.25) is 0 Å². The van der Waals surface area contributed by atoms with E-state index in [1.165, 1.54) is 0 Å². The summed E-state index contributed by atoms with van der Waals surface area (Å²) in [6, 6.07) is 0. The molecule has 1 heterocycles. The first-order valence-electron chi connectivity index (χ1n) is 6.04. The van der Waals surface area contributed by atoms with Crippen molar-refractivity contribution in [3.63, 3.8) is 0 Å². The van der Waals surface area contributed by atoms with Crippen LogP contribution in [0.4, 0.5) is 11.9 Å². The monoisotopic (exact) mass is 288 g/mol. The molecule has 0 bridgehead atoms. The normalized spacial score (nSPS) is 10.8. The van der Waals surface area contributed by atoms with Crippen LogP contribution in [0, 0.1) is 0 Å². The number of hydrogen-bond donors (Lipinski definition) is 1. The molecule has 1 aromatic heterocycles. The number of anilines is 2. The first kappa shape index (κ1) is 15.9. The summed E-state index contributed by atoms with van der Waals surface area (Å²) in [6.07, 6.45) is 0. The SMILES string of the molecule is CN(C)CCOCCNc1nc(Cl)nc(N(C)C)n1. The zero-order chi connectivity index (χ0) is 14.3. The standard InChI is InChI=1S/C11H21ClN6O/c1-17(2)6-8-19-7-5-13-10-14-9(12)15-11(16-10)18(3)4/h5-8H2,1-4H3,(H,13,14,15,16). The first-order valence-corrected chi connectivity index (χ1v) is 6.42. The zero-order valence-corrected chi connectivity index (χ0v) is 12.6. The quantitative estimate of drug-likeness (QED) is 0.702. The highest BCUT2D eigenvalue weighted by Gasteiger charge is 2.05. The van der Waals surface area contributed by atoms with Crippen LogP contribution in [0.5, 0.6) is 0 Å². The van der Waals surface area contributed by atoms with E-state index in [0.29, 0.717) is 31.7 Å². The molecule has 0 aliphatic heterocycles. The molecule has 0 saturated heterocycles. The van der Waals surface area contributed by atoms with Crippen molar-refractivity contribution in [2.75, 3.05) is 64.7 Å². The molecule has 0 amide bonds. The van der Waals surface area contributed by atoms with Crippen LogP contribution < -0.4 is 10.2 Å². The van der Waals surface area contributed by atoms with E-state index in [1.54, 1.807) is 4.90 Å². The van der Waals surface area contributed by atoms with Crippen LogP contribution in [0.25, 0.3) is 0 Å². The van der Waals surface area contributed by atoms with Gasteiger partial charge in [-0.25, -0.2) is 0 Å². The summed E-state index contributed by atoms with van der Waals surface area (Å²) >= 11 is 5.83. The summed E-state index contributed by atoms with van der Waals surface area (Å²) in [6.45, 7) is 2.83. The molecule has 0 spiro atoms. The fourth-order valence-electron chi connectivity index (χ4n) is 1.20. The molecule has 1 rings (SSSR count). The maximum Gasteiger partial charge on any atom is 0.230 e. The minimum absolute atomic E-state index is 0.176. The summed E-state index contributed by atoms with van der Waals surface area (Å²) < 4.78 is 5.46. The highest BCUT2D eigenvalue weighted by Crippen LogP contribution is 2.10. The lowest BCUT2D eigenvalue weighted by molar-refractivity contribution is 0.126. The Kier molecular flexibility index (Phi) is 6.75. The Morgan fingerprint density at radius 2 is 1.84 bits per heavy atom.